The maximum Gasteiger partial charge on any atom is -0.0273 e. The first-order valence-corrected chi connectivity index (χ1v) is 4.86. The minimum Gasteiger partial charge on any atom is -0.0561 e. The van der Waals surface area contributed by atoms with Crippen LogP contribution in [-0.4, -0.2) is 0 Å². The smallest absolute Gasteiger partial charge is 0.0273 e. The highest BCUT2D eigenvalue weighted by atomic mass is 14.2. The van der Waals surface area contributed by atoms with E-state index in [9.17, 15) is 0 Å². The summed E-state index contributed by atoms with van der Waals surface area (Å²) in [4.78, 5) is 0. The summed E-state index contributed by atoms with van der Waals surface area (Å²) < 4.78 is 0. The third kappa shape index (κ3) is 1.26. The van der Waals surface area contributed by atoms with Crippen molar-refractivity contribution in [3.63, 3.8) is 0 Å². The quantitative estimate of drug-likeness (QED) is 0.547. The summed E-state index contributed by atoms with van der Waals surface area (Å²) in [6.45, 7) is 4.44. The minimum absolute atomic E-state index is 1.30. The number of benzene rings is 1. The molecule has 1 aliphatic carbocycles. The van der Waals surface area contributed by atoms with Crippen LogP contribution in [0.5, 0.6) is 0 Å². The molecule has 64 valence electrons. The van der Waals surface area contributed by atoms with Crippen LogP contribution < -0.4 is 0 Å². The molecule has 0 heteroatoms. The molecule has 1 aromatic carbocycles. The van der Waals surface area contributed by atoms with Crippen LogP contribution in [0.4, 0.5) is 0 Å². The van der Waals surface area contributed by atoms with Crippen LogP contribution in [0.1, 0.15) is 35.1 Å². The molecule has 0 aromatic heterocycles. The Bertz CT molecular complexity index is 297. The van der Waals surface area contributed by atoms with Crippen molar-refractivity contribution >= 4 is 0 Å². The largest absolute Gasteiger partial charge is 0.0561 e. The fourth-order valence-electron chi connectivity index (χ4n) is 2.28. The molecule has 0 aliphatic heterocycles. The number of fused-ring (bicyclic) bond motifs is 1. The van der Waals surface area contributed by atoms with E-state index in [0.29, 0.717) is 0 Å². The average molecular weight is 160 g/mol. The molecule has 0 radical (unpaired) electrons. The van der Waals surface area contributed by atoms with Gasteiger partial charge in [0.05, 0.1) is 0 Å². The van der Waals surface area contributed by atoms with Gasteiger partial charge in [0.25, 0.3) is 0 Å². The van der Waals surface area contributed by atoms with Gasteiger partial charge in [0, 0.05) is 0 Å². The summed E-state index contributed by atoms with van der Waals surface area (Å²) in [5.41, 5.74) is 6.17. The molecule has 0 unspecified atom stereocenters. The molecule has 1 aromatic rings. The van der Waals surface area contributed by atoms with E-state index in [4.69, 9.17) is 0 Å². The van der Waals surface area contributed by atoms with Crippen LogP contribution >= 0.6 is 0 Å². The van der Waals surface area contributed by atoms with E-state index in [1.165, 1.54) is 36.8 Å². The van der Waals surface area contributed by atoms with Crippen molar-refractivity contribution < 1.29 is 0 Å². The molecule has 0 saturated carbocycles. The molecule has 0 spiro atoms. The minimum atomic E-state index is 1.30. The fourth-order valence-corrected chi connectivity index (χ4v) is 2.28. The Morgan fingerprint density at radius 3 is 2.58 bits per heavy atom. The van der Waals surface area contributed by atoms with Gasteiger partial charge in [-0.3, -0.25) is 0 Å². The molecule has 0 bridgehead atoms. The zero-order valence-electron chi connectivity index (χ0n) is 7.98. The third-order valence-corrected chi connectivity index (χ3v) is 2.83. The van der Waals surface area contributed by atoms with E-state index in [1.807, 2.05) is 0 Å². The Labute approximate surface area is 74.6 Å². The first-order valence-electron chi connectivity index (χ1n) is 4.86. The Morgan fingerprint density at radius 2 is 1.75 bits per heavy atom. The van der Waals surface area contributed by atoms with Crippen molar-refractivity contribution in [2.75, 3.05) is 0 Å². The lowest BCUT2D eigenvalue weighted by atomic mass is 9.87. The summed E-state index contributed by atoms with van der Waals surface area (Å²) in [6.07, 6.45) is 5.38. The van der Waals surface area contributed by atoms with Gasteiger partial charge in [-0.25, -0.2) is 0 Å². The monoisotopic (exact) mass is 160 g/mol. The van der Waals surface area contributed by atoms with E-state index in [1.54, 1.807) is 11.1 Å². The van der Waals surface area contributed by atoms with E-state index < -0.39 is 0 Å². The van der Waals surface area contributed by atoms with Gasteiger partial charge >= 0.3 is 0 Å². The molecule has 0 saturated heterocycles. The number of hydrogen-bond donors (Lipinski definition) is 0. The number of hydrogen-bond acceptors (Lipinski definition) is 0. The fraction of sp³-hybridized carbons (Fsp3) is 0.500. The van der Waals surface area contributed by atoms with Gasteiger partial charge in [0.2, 0.25) is 0 Å². The van der Waals surface area contributed by atoms with Crippen molar-refractivity contribution in [1.82, 2.24) is 0 Å². The van der Waals surface area contributed by atoms with Gasteiger partial charge in [-0.2, -0.15) is 0 Å². The first-order chi connectivity index (χ1) is 5.77. The lowest BCUT2D eigenvalue weighted by molar-refractivity contribution is 0.681. The van der Waals surface area contributed by atoms with Crippen LogP contribution in [0.25, 0.3) is 0 Å². The zero-order valence-corrected chi connectivity index (χ0v) is 7.98. The number of rotatable bonds is 0. The predicted octanol–water partition coefficient (Wildman–Crippen LogP) is 3.18. The molecule has 0 amide bonds. The molecule has 0 heterocycles. The van der Waals surface area contributed by atoms with Gasteiger partial charge < -0.3 is 0 Å². The highest BCUT2D eigenvalue weighted by Crippen LogP contribution is 2.25. The van der Waals surface area contributed by atoms with Crippen LogP contribution in [-0.2, 0) is 12.8 Å². The van der Waals surface area contributed by atoms with E-state index in [-0.39, 0.29) is 0 Å². The molecular formula is C12H16. The second-order valence-electron chi connectivity index (χ2n) is 3.93. The SMILES string of the molecule is Cc1cc(C)c2c(c1)CCCC2. The lowest BCUT2D eigenvalue weighted by Gasteiger charge is -2.18. The molecule has 2 rings (SSSR count). The predicted molar refractivity (Wildman–Crippen MR) is 52.6 cm³/mol. The average Bonchev–Trinajstić information content (AvgIpc) is 2.04. The molecule has 1 aliphatic rings. The van der Waals surface area contributed by atoms with Crippen LogP contribution in [0, 0.1) is 13.8 Å². The van der Waals surface area contributed by atoms with Gasteiger partial charge in [-0.1, -0.05) is 17.7 Å². The standard InChI is InChI=1S/C12H16/c1-9-7-10(2)12-6-4-3-5-11(12)8-9/h7-8H,3-6H2,1-2H3. The summed E-state index contributed by atoms with van der Waals surface area (Å²) in [7, 11) is 0. The summed E-state index contributed by atoms with van der Waals surface area (Å²) in [6, 6.07) is 4.67. The van der Waals surface area contributed by atoms with Gasteiger partial charge in [0.1, 0.15) is 0 Å². The summed E-state index contributed by atoms with van der Waals surface area (Å²) in [5.74, 6) is 0. The van der Waals surface area contributed by atoms with Gasteiger partial charge in [-0.05, 0) is 56.2 Å². The third-order valence-electron chi connectivity index (χ3n) is 2.83. The molecule has 0 N–H and O–H groups in total. The van der Waals surface area contributed by atoms with Crippen LogP contribution in [0.15, 0.2) is 12.1 Å². The van der Waals surface area contributed by atoms with E-state index in [2.05, 4.69) is 26.0 Å². The lowest BCUT2D eigenvalue weighted by Crippen LogP contribution is -2.04. The van der Waals surface area contributed by atoms with E-state index >= 15 is 0 Å². The second-order valence-corrected chi connectivity index (χ2v) is 3.93. The van der Waals surface area contributed by atoms with Crippen molar-refractivity contribution in [1.29, 1.82) is 0 Å². The van der Waals surface area contributed by atoms with Crippen LogP contribution in [0.2, 0.25) is 0 Å². The Kier molecular flexibility index (Phi) is 1.92. The highest BCUT2D eigenvalue weighted by Gasteiger charge is 2.10. The van der Waals surface area contributed by atoms with Crippen molar-refractivity contribution in [2.24, 2.45) is 0 Å². The van der Waals surface area contributed by atoms with Crippen molar-refractivity contribution in [2.45, 2.75) is 39.5 Å². The Balaban J connectivity index is 2.53. The van der Waals surface area contributed by atoms with Gasteiger partial charge in [-0.15, -0.1) is 0 Å². The Morgan fingerprint density at radius 1 is 1.00 bits per heavy atom. The summed E-state index contributed by atoms with van der Waals surface area (Å²) in [5, 5.41) is 0. The van der Waals surface area contributed by atoms with Crippen LogP contribution in [0.3, 0.4) is 0 Å². The molecule has 0 fully saturated rings. The molecule has 0 nitrogen and oxygen atoms in total. The summed E-state index contributed by atoms with van der Waals surface area (Å²) >= 11 is 0. The maximum absolute atomic E-state index is 2.36. The maximum atomic E-state index is 2.36. The zero-order chi connectivity index (χ0) is 8.55. The normalized spacial score (nSPS) is 15.8. The highest BCUT2D eigenvalue weighted by molar-refractivity contribution is 5.39. The second kappa shape index (κ2) is 2.93. The molecule has 0 atom stereocenters. The van der Waals surface area contributed by atoms with Gasteiger partial charge in [0.15, 0.2) is 0 Å². The first kappa shape index (κ1) is 7.85. The topological polar surface area (TPSA) is 0 Å². The van der Waals surface area contributed by atoms with Crippen molar-refractivity contribution in [3.8, 4) is 0 Å². The molecule has 12 heavy (non-hydrogen) atoms. The molecular weight excluding hydrogens is 144 g/mol. The van der Waals surface area contributed by atoms with Crippen molar-refractivity contribution in [3.05, 3.63) is 34.4 Å². The van der Waals surface area contributed by atoms with E-state index in [0.717, 1.165) is 0 Å². The number of aryl methyl sites for hydroxylation is 3. The Hall–Kier alpha value is -0.780.